The zero-order valence-electron chi connectivity index (χ0n) is 15.0. The van der Waals surface area contributed by atoms with Crippen LogP contribution in [-0.2, 0) is 13.0 Å². The van der Waals surface area contributed by atoms with Gasteiger partial charge in [-0.25, -0.2) is 0 Å². The Morgan fingerprint density at radius 1 is 0.750 bits per heavy atom. The molecule has 0 spiro atoms. The predicted molar refractivity (Wildman–Crippen MR) is 102 cm³/mol. The maximum Gasteiger partial charge on any atom is 0.0237 e. The van der Waals surface area contributed by atoms with Crippen molar-refractivity contribution in [2.45, 2.75) is 32.7 Å². The van der Waals surface area contributed by atoms with Crippen LogP contribution in [0.3, 0.4) is 0 Å². The Morgan fingerprint density at radius 2 is 1.38 bits per heavy atom. The van der Waals surface area contributed by atoms with Crippen molar-refractivity contribution >= 4 is 0 Å². The van der Waals surface area contributed by atoms with Gasteiger partial charge in [0.25, 0.3) is 0 Å². The number of benzene rings is 2. The fourth-order valence-corrected chi connectivity index (χ4v) is 3.49. The van der Waals surface area contributed by atoms with E-state index < -0.39 is 0 Å². The van der Waals surface area contributed by atoms with Crippen LogP contribution in [0, 0.1) is 0 Å². The average molecular weight is 322 g/mol. The number of hydrogen-bond acceptors (Lipinski definition) is 2. The third-order valence-corrected chi connectivity index (χ3v) is 5.04. The summed E-state index contributed by atoms with van der Waals surface area (Å²) >= 11 is 0. The van der Waals surface area contributed by atoms with Crippen LogP contribution >= 0.6 is 0 Å². The standard InChI is InChI=1S/C22H30N2/c1-2-3-13-23-14-16-24(17-15-23)19-22-12-8-7-11-21(22)18-20-9-5-4-6-10-20/h4-12H,2-3,13-19H2,1H3. The highest BCUT2D eigenvalue weighted by Crippen LogP contribution is 2.17. The Hall–Kier alpha value is -1.64. The van der Waals surface area contributed by atoms with Gasteiger partial charge in [-0.2, -0.15) is 0 Å². The predicted octanol–water partition coefficient (Wildman–Crippen LogP) is 4.20. The molecule has 1 fully saturated rings. The molecule has 2 aromatic carbocycles. The lowest BCUT2D eigenvalue weighted by Crippen LogP contribution is -2.46. The van der Waals surface area contributed by atoms with Crippen molar-refractivity contribution in [3.63, 3.8) is 0 Å². The number of piperazine rings is 1. The second-order valence-corrected chi connectivity index (χ2v) is 6.90. The van der Waals surface area contributed by atoms with Crippen molar-refractivity contribution in [3.05, 3.63) is 71.3 Å². The normalized spacial score (nSPS) is 16.4. The van der Waals surface area contributed by atoms with Crippen LogP contribution in [0.15, 0.2) is 54.6 Å². The highest BCUT2D eigenvalue weighted by molar-refractivity contribution is 5.32. The summed E-state index contributed by atoms with van der Waals surface area (Å²) in [4.78, 5) is 5.24. The molecule has 1 saturated heterocycles. The number of unbranched alkanes of at least 4 members (excludes halogenated alkanes) is 1. The largest absolute Gasteiger partial charge is 0.301 e. The average Bonchev–Trinajstić information content (AvgIpc) is 2.64. The van der Waals surface area contributed by atoms with Crippen LogP contribution in [0.25, 0.3) is 0 Å². The van der Waals surface area contributed by atoms with Crippen molar-refractivity contribution in [3.8, 4) is 0 Å². The Morgan fingerprint density at radius 3 is 2.08 bits per heavy atom. The summed E-state index contributed by atoms with van der Waals surface area (Å²) < 4.78 is 0. The molecule has 0 unspecified atom stereocenters. The van der Waals surface area contributed by atoms with Crippen molar-refractivity contribution in [2.75, 3.05) is 32.7 Å². The number of nitrogens with zero attached hydrogens (tertiary/aromatic N) is 2. The van der Waals surface area contributed by atoms with Gasteiger partial charge in [0.2, 0.25) is 0 Å². The molecule has 1 aliphatic rings. The molecule has 3 rings (SSSR count). The summed E-state index contributed by atoms with van der Waals surface area (Å²) in [6, 6.07) is 19.8. The molecular weight excluding hydrogens is 292 g/mol. The van der Waals surface area contributed by atoms with E-state index in [-0.39, 0.29) is 0 Å². The van der Waals surface area contributed by atoms with Crippen molar-refractivity contribution in [2.24, 2.45) is 0 Å². The molecular formula is C22H30N2. The quantitative estimate of drug-likeness (QED) is 0.754. The van der Waals surface area contributed by atoms with Gasteiger partial charge in [0, 0.05) is 32.7 Å². The fourth-order valence-electron chi connectivity index (χ4n) is 3.49. The van der Waals surface area contributed by atoms with Gasteiger partial charge in [-0.3, -0.25) is 4.90 Å². The van der Waals surface area contributed by atoms with E-state index in [1.54, 1.807) is 0 Å². The van der Waals surface area contributed by atoms with E-state index in [1.165, 1.54) is 62.3 Å². The smallest absolute Gasteiger partial charge is 0.0237 e. The first-order chi connectivity index (χ1) is 11.8. The van der Waals surface area contributed by atoms with Crippen LogP contribution in [0.5, 0.6) is 0 Å². The minimum Gasteiger partial charge on any atom is -0.301 e. The Bertz CT molecular complexity index is 600. The molecule has 0 amide bonds. The molecule has 0 radical (unpaired) electrons. The summed E-state index contributed by atoms with van der Waals surface area (Å²) in [5, 5.41) is 0. The van der Waals surface area contributed by atoms with Crippen LogP contribution in [0.4, 0.5) is 0 Å². The van der Waals surface area contributed by atoms with Gasteiger partial charge >= 0.3 is 0 Å². The van der Waals surface area contributed by atoms with Gasteiger partial charge in [-0.15, -0.1) is 0 Å². The first-order valence-electron chi connectivity index (χ1n) is 9.40. The van der Waals surface area contributed by atoms with Crippen LogP contribution in [0.2, 0.25) is 0 Å². The molecule has 0 atom stereocenters. The molecule has 0 aliphatic carbocycles. The molecule has 0 N–H and O–H groups in total. The second kappa shape index (κ2) is 9.00. The van der Waals surface area contributed by atoms with E-state index in [0.29, 0.717) is 0 Å². The third kappa shape index (κ3) is 4.93. The van der Waals surface area contributed by atoms with E-state index >= 15 is 0 Å². The van der Waals surface area contributed by atoms with Gasteiger partial charge < -0.3 is 4.90 Å². The van der Waals surface area contributed by atoms with E-state index in [9.17, 15) is 0 Å². The van der Waals surface area contributed by atoms with Crippen molar-refractivity contribution < 1.29 is 0 Å². The molecule has 1 aliphatic heterocycles. The Balaban J connectivity index is 1.58. The first-order valence-corrected chi connectivity index (χ1v) is 9.40. The molecule has 0 aromatic heterocycles. The van der Waals surface area contributed by atoms with Crippen LogP contribution < -0.4 is 0 Å². The summed E-state index contributed by atoms with van der Waals surface area (Å²) in [6.45, 7) is 9.48. The summed E-state index contributed by atoms with van der Waals surface area (Å²) in [5.41, 5.74) is 4.36. The lowest BCUT2D eigenvalue weighted by atomic mass is 9.99. The maximum atomic E-state index is 2.62. The lowest BCUT2D eigenvalue weighted by molar-refractivity contribution is 0.126. The van der Waals surface area contributed by atoms with E-state index in [1.807, 2.05) is 0 Å². The lowest BCUT2D eigenvalue weighted by Gasteiger charge is -2.35. The highest BCUT2D eigenvalue weighted by Gasteiger charge is 2.17. The van der Waals surface area contributed by atoms with Crippen molar-refractivity contribution in [1.29, 1.82) is 0 Å². The van der Waals surface area contributed by atoms with Gasteiger partial charge in [0.1, 0.15) is 0 Å². The fraction of sp³-hybridized carbons (Fsp3) is 0.455. The van der Waals surface area contributed by atoms with E-state index in [4.69, 9.17) is 0 Å². The zero-order valence-corrected chi connectivity index (χ0v) is 15.0. The summed E-state index contributed by atoms with van der Waals surface area (Å²) in [5.74, 6) is 0. The van der Waals surface area contributed by atoms with Gasteiger partial charge in [-0.1, -0.05) is 67.9 Å². The molecule has 2 aromatic rings. The Kier molecular flexibility index (Phi) is 6.45. The molecule has 1 heterocycles. The monoisotopic (exact) mass is 322 g/mol. The van der Waals surface area contributed by atoms with E-state index in [0.717, 1.165) is 13.0 Å². The number of rotatable bonds is 7. The van der Waals surface area contributed by atoms with Crippen molar-refractivity contribution in [1.82, 2.24) is 9.80 Å². The van der Waals surface area contributed by atoms with E-state index in [2.05, 4.69) is 71.3 Å². The molecule has 128 valence electrons. The minimum atomic E-state index is 1.04. The molecule has 24 heavy (non-hydrogen) atoms. The molecule has 2 heteroatoms. The van der Waals surface area contributed by atoms with Gasteiger partial charge in [-0.05, 0) is 36.1 Å². The van der Waals surface area contributed by atoms with Gasteiger partial charge in [0.15, 0.2) is 0 Å². The highest BCUT2D eigenvalue weighted by atomic mass is 15.3. The van der Waals surface area contributed by atoms with Gasteiger partial charge in [0.05, 0.1) is 0 Å². The molecule has 2 nitrogen and oxygen atoms in total. The summed E-state index contributed by atoms with van der Waals surface area (Å²) in [7, 11) is 0. The maximum absolute atomic E-state index is 2.62. The second-order valence-electron chi connectivity index (χ2n) is 6.90. The third-order valence-electron chi connectivity index (χ3n) is 5.04. The topological polar surface area (TPSA) is 6.48 Å². The van der Waals surface area contributed by atoms with Crippen LogP contribution in [0.1, 0.15) is 36.5 Å². The first kappa shape index (κ1) is 17.2. The molecule has 0 bridgehead atoms. The SMILES string of the molecule is CCCCN1CCN(Cc2ccccc2Cc2ccccc2)CC1. The van der Waals surface area contributed by atoms with Crippen LogP contribution in [-0.4, -0.2) is 42.5 Å². The zero-order chi connectivity index (χ0) is 16.6. The molecule has 0 saturated carbocycles. The number of hydrogen-bond donors (Lipinski definition) is 0. The Labute approximate surface area is 147 Å². The summed E-state index contributed by atoms with van der Waals surface area (Å²) in [6.07, 6.45) is 3.67. The minimum absolute atomic E-state index is 1.04.